The molecule has 0 aliphatic carbocycles. The molecule has 0 saturated carbocycles. The quantitative estimate of drug-likeness (QED) is 0.750. The molecule has 0 fully saturated rings. The number of amides is 1. The van der Waals surface area contributed by atoms with Crippen LogP contribution in [0.1, 0.15) is 16.8 Å². The molecular weight excluding hydrogens is 293 g/mol. The highest BCUT2D eigenvalue weighted by Crippen LogP contribution is 2.09. The third-order valence-electron chi connectivity index (χ3n) is 2.67. The van der Waals surface area contributed by atoms with Crippen molar-refractivity contribution in [1.29, 1.82) is 0 Å². The Bertz CT molecular complexity index is 518. The Morgan fingerprint density at radius 2 is 2.05 bits per heavy atom. The number of halogens is 1. The lowest BCUT2D eigenvalue weighted by Crippen LogP contribution is -2.39. The summed E-state index contributed by atoms with van der Waals surface area (Å²) in [7, 11) is 1.14. The normalized spacial score (nSPS) is 12.4. The first-order chi connectivity index (χ1) is 10.6. The van der Waals surface area contributed by atoms with Gasteiger partial charge in [-0.1, -0.05) is 18.2 Å². The summed E-state index contributed by atoms with van der Waals surface area (Å²) in [6.45, 7) is -0.626. The molecule has 0 radical (unpaired) electrons. The minimum atomic E-state index is -1.17. The molecule has 22 heavy (non-hydrogen) atoms. The molecule has 2 N–H and O–H groups in total. The average molecular weight is 311 g/mol. The van der Waals surface area contributed by atoms with Crippen LogP contribution in [-0.2, 0) is 9.47 Å². The first-order valence-corrected chi connectivity index (χ1v) is 6.61. The van der Waals surface area contributed by atoms with Crippen LogP contribution in [0.25, 0.3) is 0 Å². The molecule has 6 nitrogen and oxygen atoms in total. The molecule has 0 spiro atoms. The highest BCUT2D eigenvalue weighted by molar-refractivity contribution is 5.89. The van der Waals surface area contributed by atoms with Crippen molar-refractivity contribution in [2.24, 2.45) is 0 Å². The van der Waals surface area contributed by atoms with E-state index < -0.39 is 30.5 Å². The molecule has 0 aliphatic rings. The summed E-state index contributed by atoms with van der Waals surface area (Å²) in [5.74, 6) is -1.35. The number of aliphatic hydroxyl groups excluding tert-OH is 1. The van der Waals surface area contributed by atoms with Crippen LogP contribution in [0.3, 0.4) is 0 Å². The Kier molecular flexibility index (Phi) is 7.63. The van der Waals surface area contributed by atoms with Crippen molar-refractivity contribution in [3.8, 4) is 0 Å². The van der Waals surface area contributed by atoms with Gasteiger partial charge in [0.25, 0.3) is 0 Å². The number of esters is 1. The molecule has 1 atom stereocenters. The smallest absolute Gasteiger partial charge is 0.407 e. The summed E-state index contributed by atoms with van der Waals surface area (Å²) in [5.41, 5.74) is 0.319. The number of rotatable bonds is 7. The maximum absolute atomic E-state index is 13.9. The van der Waals surface area contributed by atoms with Gasteiger partial charge in [0.2, 0.25) is 0 Å². The lowest BCUT2D eigenvalue weighted by molar-refractivity contribution is 0.0467. The highest BCUT2D eigenvalue weighted by atomic mass is 19.1. The fourth-order valence-electron chi connectivity index (χ4n) is 1.55. The van der Waals surface area contributed by atoms with Gasteiger partial charge in [-0.05, 0) is 24.6 Å². The van der Waals surface area contributed by atoms with E-state index in [0.29, 0.717) is 5.56 Å². The highest BCUT2D eigenvalue weighted by Gasteiger charge is 2.20. The van der Waals surface area contributed by atoms with Gasteiger partial charge in [-0.25, -0.2) is 14.0 Å². The maximum atomic E-state index is 13.9. The number of benzene rings is 1. The minimum absolute atomic E-state index is 0.0812. The molecule has 0 aliphatic heterocycles. The summed E-state index contributed by atoms with van der Waals surface area (Å²) in [6, 6.07) is 7.03. The van der Waals surface area contributed by atoms with E-state index >= 15 is 0 Å². The van der Waals surface area contributed by atoms with Crippen LogP contribution < -0.4 is 5.32 Å². The standard InChI is InChI=1S/C15H18FNO5/c1-21-15(20)17-13(12(16)8-5-9-18)10-22-14(19)11-6-3-2-4-7-11/h2-4,6-8,13,18H,5,9-10H2,1H3,(H,17,20)/b12-8-. The van der Waals surface area contributed by atoms with E-state index in [1.54, 1.807) is 30.3 Å². The number of ether oxygens (including phenoxy) is 2. The summed E-state index contributed by atoms with van der Waals surface area (Å²) in [6.07, 6.45) is 0.336. The third-order valence-corrected chi connectivity index (χ3v) is 2.67. The fourth-order valence-corrected chi connectivity index (χ4v) is 1.55. The third kappa shape index (κ3) is 5.92. The van der Waals surface area contributed by atoms with Crippen LogP contribution >= 0.6 is 0 Å². The molecular formula is C15H18FNO5. The molecule has 0 aromatic heterocycles. The van der Waals surface area contributed by atoms with Crippen LogP contribution in [-0.4, -0.2) is 43.5 Å². The van der Waals surface area contributed by atoms with E-state index in [1.165, 1.54) is 0 Å². The van der Waals surface area contributed by atoms with E-state index in [-0.39, 0.29) is 13.0 Å². The number of carbonyl (C=O) groups excluding carboxylic acids is 2. The fraction of sp³-hybridized carbons (Fsp3) is 0.333. The Labute approximate surface area is 127 Å². The number of hydrogen-bond acceptors (Lipinski definition) is 5. The van der Waals surface area contributed by atoms with Gasteiger partial charge in [0.15, 0.2) is 0 Å². The molecule has 1 unspecified atom stereocenters. The van der Waals surface area contributed by atoms with Crippen LogP contribution in [0, 0.1) is 0 Å². The van der Waals surface area contributed by atoms with E-state index in [4.69, 9.17) is 9.84 Å². The van der Waals surface area contributed by atoms with Crippen molar-refractivity contribution in [3.63, 3.8) is 0 Å². The van der Waals surface area contributed by atoms with Crippen molar-refractivity contribution in [2.45, 2.75) is 12.5 Å². The zero-order valence-corrected chi connectivity index (χ0v) is 12.1. The Balaban J connectivity index is 2.67. The van der Waals surface area contributed by atoms with Crippen molar-refractivity contribution in [3.05, 3.63) is 47.8 Å². The van der Waals surface area contributed by atoms with Gasteiger partial charge in [-0.3, -0.25) is 0 Å². The van der Waals surface area contributed by atoms with Gasteiger partial charge in [-0.2, -0.15) is 0 Å². The van der Waals surface area contributed by atoms with E-state index in [2.05, 4.69) is 10.1 Å². The molecule has 1 amide bonds. The van der Waals surface area contributed by atoms with Gasteiger partial charge in [0, 0.05) is 6.61 Å². The first kappa shape index (κ1) is 17.6. The first-order valence-electron chi connectivity index (χ1n) is 6.61. The maximum Gasteiger partial charge on any atom is 0.407 e. The summed E-state index contributed by atoms with van der Waals surface area (Å²) in [5, 5.41) is 10.9. The van der Waals surface area contributed by atoms with Crippen molar-refractivity contribution in [2.75, 3.05) is 20.3 Å². The van der Waals surface area contributed by atoms with E-state index in [9.17, 15) is 14.0 Å². The molecule has 1 rings (SSSR count). The molecule has 0 heterocycles. The zero-order valence-electron chi connectivity index (χ0n) is 12.1. The number of carbonyl (C=O) groups is 2. The van der Waals surface area contributed by atoms with E-state index in [0.717, 1.165) is 13.2 Å². The summed E-state index contributed by atoms with van der Waals surface area (Å²) >= 11 is 0. The van der Waals surface area contributed by atoms with Crippen molar-refractivity contribution < 1.29 is 28.6 Å². The second kappa shape index (κ2) is 9.51. The van der Waals surface area contributed by atoms with E-state index in [1.807, 2.05) is 0 Å². The SMILES string of the molecule is COC(=O)NC(COC(=O)c1ccccc1)/C(F)=C/CCO. The number of aliphatic hydroxyl groups is 1. The number of methoxy groups -OCH3 is 1. The molecule has 7 heteroatoms. The van der Waals surface area contributed by atoms with Crippen LogP contribution in [0.15, 0.2) is 42.2 Å². The lowest BCUT2D eigenvalue weighted by atomic mass is 10.2. The zero-order chi connectivity index (χ0) is 16.4. The number of hydrogen-bond donors (Lipinski definition) is 2. The largest absolute Gasteiger partial charge is 0.459 e. The van der Waals surface area contributed by atoms with Crippen LogP contribution in [0.2, 0.25) is 0 Å². The Morgan fingerprint density at radius 1 is 1.36 bits per heavy atom. The van der Waals surface area contributed by atoms with Crippen molar-refractivity contribution in [1.82, 2.24) is 5.32 Å². The molecule has 1 aromatic rings. The number of alkyl carbamates (subject to hydrolysis) is 1. The lowest BCUT2D eigenvalue weighted by Gasteiger charge is -2.16. The van der Waals surface area contributed by atoms with Gasteiger partial charge < -0.3 is 19.9 Å². The number of nitrogens with one attached hydrogen (secondary N) is 1. The van der Waals surface area contributed by atoms with Gasteiger partial charge in [0.05, 0.1) is 12.7 Å². The average Bonchev–Trinajstić information content (AvgIpc) is 2.56. The second-order valence-corrected chi connectivity index (χ2v) is 4.25. The molecule has 120 valence electrons. The molecule has 1 aromatic carbocycles. The minimum Gasteiger partial charge on any atom is -0.459 e. The Morgan fingerprint density at radius 3 is 2.64 bits per heavy atom. The second-order valence-electron chi connectivity index (χ2n) is 4.25. The Hall–Kier alpha value is -2.41. The van der Waals surface area contributed by atoms with Crippen LogP contribution in [0.5, 0.6) is 0 Å². The summed E-state index contributed by atoms with van der Waals surface area (Å²) in [4.78, 5) is 23.0. The molecule has 0 bridgehead atoms. The van der Waals surface area contributed by atoms with Crippen LogP contribution in [0.4, 0.5) is 9.18 Å². The van der Waals surface area contributed by atoms with Gasteiger partial charge >= 0.3 is 12.1 Å². The molecule has 0 saturated heterocycles. The van der Waals surface area contributed by atoms with Gasteiger partial charge in [0.1, 0.15) is 18.5 Å². The topological polar surface area (TPSA) is 84.9 Å². The summed E-state index contributed by atoms with van der Waals surface area (Å²) < 4.78 is 23.3. The monoisotopic (exact) mass is 311 g/mol. The predicted octanol–water partition coefficient (Wildman–Crippen LogP) is 1.80. The van der Waals surface area contributed by atoms with Crippen molar-refractivity contribution >= 4 is 12.1 Å². The predicted molar refractivity (Wildman–Crippen MR) is 76.9 cm³/mol. The van der Waals surface area contributed by atoms with Gasteiger partial charge in [-0.15, -0.1) is 0 Å².